The second-order valence-corrected chi connectivity index (χ2v) is 7.27. The van der Waals surface area contributed by atoms with E-state index in [-0.39, 0.29) is 34.9 Å². The number of carbonyl (C=O) groups is 1. The minimum absolute atomic E-state index is 0.0444. The van der Waals surface area contributed by atoms with Crippen LogP contribution in [0.2, 0.25) is 0 Å². The number of carbonyl (C=O) groups excluding carboxylic acids is 1. The fourth-order valence-corrected chi connectivity index (χ4v) is 3.19. The van der Waals surface area contributed by atoms with Crippen molar-refractivity contribution in [2.75, 3.05) is 11.9 Å². The zero-order chi connectivity index (χ0) is 25.0. The number of urea groups is 1. The highest BCUT2D eigenvalue weighted by Crippen LogP contribution is 2.36. The van der Waals surface area contributed by atoms with Crippen LogP contribution < -0.4 is 15.4 Å². The highest BCUT2D eigenvalue weighted by atomic mass is 19.4. The number of alkyl halides is 3. The molecule has 0 radical (unpaired) electrons. The van der Waals surface area contributed by atoms with Crippen LogP contribution in [-0.2, 0) is 19.8 Å². The first-order valence-corrected chi connectivity index (χ1v) is 10.1. The van der Waals surface area contributed by atoms with Crippen LogP contribution in [0.5, 0.6) is 5.88 Å². The van der Waals surface area contributed by atoms with Gasteiger partial charge in [-0.2, -0.15) is 28.6 Å². The monoisotopic (exact) mass is 474 g/mol. The van der Waals surface area contributed by atoms with Crippen LogP contribution >= 0.6 is 0 Å². The van der Waals surface area contributed by atoms with Gasteiger partial charge in [-0.25, -0.2) is 9.78 Å². The number of nitrogens with zero attached hydrogens (tertiary/aromatic N) is 6. The van der Waals surface area contributed by atoms with Gasteiger partial charge in [0.1, 0.15) is 11.6 Å². The number of pyridine rings is 1. The van der Waals surface area contributed by atoms with Crippen LogP contribution in [0, 0.1) is 25.2 Å². The topological polar surface area (TPSA) is 131 Å². The van der Waals surface area contributed by atoms with Gasteiger partial charge in [0.2, 0.25) is 5.88 Å². The molecule has 2 N–H and O–H groups in total. The minimum atomic E-state index is -4.64. The van der Waals surface area contributed by atoms with Crippen molar-refractivity contribution in [2.24, 2.45) is 7.05 Å². The van der Waals surface area contributed by atoms with Crippen molar-refractivity contribution in [1.29, 1.82) is 5.26 Å². The van der Waals surface area contributed by atoms with E-state index in [2.05, 4.69) is 30.9 Å². The number of nitrogens with one attached hydrogen (secondary N) is 2. The Morgan fingerprint density at radius 1 is 1.26 bits per heavy atom. The van der Waals surface area contributed by atoms with Gasteiger partial charge in [0, 0.05) is 18.9 Å². The summed E-state index contributed by atoms with van der Waals surface area (Å²) in [5.41, 5.74) is 0.430. The quantitative estimate of drug-likeness (QED) is 0.559. The van der Waals surface area contributed by atoms with Crippen LogP contribution in [0.3, 0.4) is 0 Å². The second kappa shape index (κ2) is 9.74. The lowest BCUT2D eigenvalue weighted by molar-refractivity contribution is -0.141. The molecular formula is C21H21F3N8O2. The Balaban J connectivity index is 1.74. The SMILES string of the molecule is CCOc1nc(C)cc(NC(=O)NCc2cc(C)c(-c3cn(C)nc3C(F)(F)F)nn2)c1C#N. The summed E-state index contributed by atoms with van der Waals surface area (Å²) in [5, 5.41) is 25.9. The number of aromatic nitrogens is 5. The normalized spacial score (nSPS) is 11.1. The first-order valence-electron chi connectivity index (χ1n) is 10.1. The first kappa shape index (κ1) is 24.4. The Morgan fingerprint density at radius 2 is 2.00 bits per heavy atom. The van der Waals surface area contributed by atoms with Gasteiger partial charge >= 0.3 is 12.2 Å². The second-order valence-electron chi connectivity index (χ2n) is 7.27. The average molecular weight is 474 g/mol. The third kappa shape index (κ3) is 5.40. The van der Waals surface area contributed by atoms with E-state index in [4.69, 9.17) is 4.74 Å². The molecule has 0 aliphatic carbocycles. The number of rotatable bonds is 6. The molecule has 34 heavy (non-hydrogen) atoms. The van der Waals surface area contributed by atoms with Gasteiger partial charge in [-0.1, -0.05) is 0 Å². The summed E-state index contributed by atoms with van der Waals surface area (Å²) in [7, 11) is 1.39. The maximum Gasteiger partial charge on any atom is 0.435 e. The Bertz CT molecular complexity index is 1260. The smallest absolute Gasteiger partial charge is 0.435 e. The van der Waals surface area contributed by atoms with E-state index in [1.165, 1.54) is 25.4 Å². The van der Waals surface area contributed by atoms with E-state index in [9.17, 15) is 23.2 Å². The van der Waals surface area contributed by atoms with Gasteiger partial charge in [0.25, 0.3) is 0 Å². The van der Waals surface area contributed by atoms with Crippen LogP contribution in [-0.4, -0.2) is 37.6 Å². The summed E-state index contributed by atoms with van der Waals surface area (Å²) in [6, 6.07) is 4.40. The average Bonchev–Trinajstić information content (AvgIpc) is 3.14. The van der Waals surface area contributed by atoms with E-state index in [1.807, 2.05) is 6.07 Å². The van der Waals surface area contributed by atoms with E-state index < -0.39 is 17.9 Å². The lowest BCUT2D eigenvalue weighted by Gasteiger charge is -2.13. The molecule has 178 valence electrons. The molecule has 13 heteroatoms. The molecule has 3 heterocycles. The Kier molecular flexibility index (Phi) is 7.00. The molecule has 0 aliphatic heterocycles. The molecule has 0 spiro atoms. The highest BCUT2D eigenvalue weighted by molar-refractivity contribution is 5.91. The van der Waals surface area contributed by atoms with Gasteiger partial charge in [-0.3, -0.25) is 4.68 Å². The molecule has 10 nitrogen and oxygen atoms in total. The summed E-state index contributed by atoms with van der Waals surface area (Å²) in [6.07, 6.45) is -3.41. The first-order chi connectivity index (χ1) is 16.0. The van der Waals surface area contributed by atoms with Gasteiger partial charge in [-0.05, 0) is 38.5 Å². The third-order valence-corrected chi connectivity index (χ3v) is 4.57. The molecule has 0 saturated heterocycles. The molecule has 0 aliphatic rings. The van der Waals surface area contributed by atoms with Crippen molar-refractivity contribution >= 4 is 11.7 Å². The van der Waals surface area contributed by atoms with Crippen molar-refractivity contribution in [3.63, 3.8) is 0 Å². The number of hydrogen-bond donors (Lipinski definition) is 2. The van der Waals surface area contributed by atoms with Gasteiger partial charge in [0.05, 0.1) is 35.8 Å². The van der Waals surface area contributed by atoms with Crippen molar-refractivity contribution in [1.82, 2.24) is 30.3 Å². The fourth-order valence-electron chi connectivity index (χ4n) is 3.19. The van der Waals surface area contributed by atoms with Crippen molar-refractivity contribution in [3.8, 4) is 23.2 Å². The number of ether oxygens (including phenoxy) is 1. The van der Waals surface area contributed by atoms with Crippen LogP contribution in [0.15, 0.2) is 18.3 Å². The number of nitriles is 1. The Morgan fingerprint density at radius 3 is 2.62 bits per heavy atom. The zero-order valence-electron chi connectivity index (χ0n) is 18.8. The predicted molar refractivity (Wildman–Crippen MR) is 115 cm³/mol. The van der Waals surface area contributed by atoms with Gasteiger partial charge in [0.15, 0.2) is 5.69 Å². The minimum Gasteiger partial charge on any atom is -0.477 e. The van der Waals surface area contributed by atoms with Crippen molar-refractivity contribution in [3.05, 3.63) is 46.5 Å². The van der Waals surface area contributed by atoms with E-state index >= 15 is 0 Å². The summed E-state index contributed by atoms with van der Waals surface area (Å²) in [6.45, 7) is 5.28. The number of hydrogen-bond acceptors (Lipinski definition) is 7. The number of aryl methyl sites for hydroxylation is 3. The molecule has 0 fully saturated rings. The molecule has 3 aromatic heterocycles. The molecule has 0 aromatic carbocycles. The van der Waals surface area contributed by atoms with E-state index in [0.29, 0.717) is 23.6 Å². The summed E-state index contributed by atoms with van der Waals surface area (Å²) in [5.74, 6) is 0.117. The number of halogens is 3. The predicted octanol–water partition coefficient (Wildman–Crippen LogP) is 3.50. The van der Waals surface area contributed by atoms with Gasteiger partial charge in [-0.15, -0.1) is 5.10 Å². The highest BCUT2D eigenvalue weighted by Gasteiger charge is 2.38. The largest absolute Gasteiger partial charge is 0.477 e. The molecule has 3 aromatic rings. The molecule has 3 rings (SSSR count). The van der Waals surface area contributed by atoms with Crippen molar-refractivity contribution in [2.45, 2.75) is 33.5 Å². The van der Waals surface area contributed by atoms with Crippen LogP contribution in [0.1, 0.15) is 35.1 Å². The third-order valence-electron chi connectivity index (χ3n) is 4.57. The maximum atomic E-state index is 13.3. The van der Waals surface area contributed by atoms with Crippen LogP contribution in [0.25, 0.3) is 11.3 Å². The maximum absolute atomic E-state index is 13.3. The number of amides is 2. The van der Waals surface area contributed by atoms with E-state index in [0.717, 1.165) is 4.68 Å². The summed E-state index contributed by atoms with van der Waals surface area (Å²) in [4.78, 5) is 16.5. The lowest BCUT2D eigenvalue weighted by atomic mass is 10.1. The van der Waals surface area contributed by atoms with Crippen molar-refractivity contribution < 1.29 is 22.7 Å². The number of anilines is 1. The molecular weight excluding hydrogens is 453 g/mol. The summed E-state index contributed by atoms with van der Waals surface area (Å²) >= 11 is 0. The molecule has 0 unspecified atom stereocenters. The molecule has 0 saturated carbocycles. The summed E-state index contributed by atoms with van der Waals surface area (Å²) < 4.78 is 46.3. The molecule has 2 amide bonds. The Labute approximate surface area is 192 Å². The lowest BCUT2D eigenvalue weighted by Crippen LogP contribution is -2.29. The molecule has 0 atom stereocenters. The van der Waals surface area contributed by atoms with Gasteiger partial charge < -0.3 is 15.4 Å². The van der Waals surface area contributed by atoms with E-state index in [1.54, 1.807) is 20.8 Å². The molecule has 0 bridgehead atoms. The van der Waals surface area contributed by atoms with Crippen LogP contribution in [0.4, 0.5) is 23.7 Å². The zero-order valence-corrected chi connectivity index (χ0v) is 18.8. The Hall–Kier alpha value is -4.21. The standard InChI is InChI=1S/C21H21F3N8O2/c1-5-34-19-14(8-25)16(7-12(3)27-19)28-20(33)26-9-13-6-11(2)17(30-29-13)15-10-32(4)31-18(15)21(22,23)24/h6-7,10H,5,9H2,1-4H3,(H2,26,27,28,33). The fraction of sp³-hybridized carbons (Fsp3) is 0.333.